The summed E-state index contributed by atoms with van der Waals surface area (Å²) in [4.78, 5) is 11.6. The fourth-order valence-electron chi connectivity index (χ4n) is 1.29. The van der Waals surface area contributed by atoms with Gasteiger partial charge in [-0.1, -0.05) is 43.7 Å². The molecule has 1 atom stereocenters. The molecule has 1 aromatic rings. The summed E-state index contributed by atoms with van der Waals surface area (Å²) in [5.41, 5.74) is 2.27. The van der Waals surface area contributed by atoms with E-state index in [9.17, 15) is 4.79 Å². The molecule has 0 heterocycles. The summed E-state index contributed by atoms with van der Waals surface area (Å²) in [5, 5.41) is 2.94. The highest BCUT2D eigenvalue weighted by atomic mass is 16.1. The van der Waals surface area contributed by atoms with Crippen LogP contribution in [0, 0.1) is 12.8 Å². The average Bonchev–Trinajstić information content (AvgIpc) is 2.28. The number of nitrogens with one attached hydrogen (secondary N) is 1. The first-order valence-electron chi connectivity index (χ1n) is 6.04. The highest BCUT2D eigenvalue weighted by Crippen LogP contribution is 2.05. The van der Waals surface area contributed by atoms with Gasteiger partial charge in [-0.25, -0.2) is 0 Å². The Bertz CT molecular complexity index is 390. The lowest BCUT2D eigenvalue weighted by atomic mass is 10.1. The molecule has 1 unspecified atom stereocenters. The quantitative estimate of drug-likeness (QED) is 0.792. The second-order valence-electron chi connectivity index (χ2n) is 4.79. The van der Waals surface area contributed by atoms with Crippen LogP contribution in [0.4, 0.5) is 0 Å². The fourth-order valence-corrected chi connectivity index (χ4v) is 1.29. The van der Waals surface area contributed by atoms with Gasteiger partial charge in [0.2, 0.25) is 5.91 Å². The number of hydrogen-bond acceptors (Lipinski definition) is 1. The van der Waals surface area contributed by atoms with E-state index in [1.807, 2.05) is 44.2 Å². The van der Waals surface area contributed by atoms with Crippen LogP contribution in [-0.2, 0) is 4.79 Å². The van der Waals surface area contributed by atoms with Crippen LogP contribution in [0.3, 0.4) is 0 Å². The predicted molar refractivity (Wildman–Crippen MR) is 72.7 cm³/mol. The number of hydrogen-bond donors (Lipinski definition) is 1. The molecule has 1 aromatic carbocycles. The molecule has 1 N–H and O–H groups in total. The molecule has 0 fully saturated rings. The molecule has 0 aromatic heterocycles. The molecule has 2 heteroatoms. The number of aryl methyl sites for hydroxylation is 1. The van der Waals surface area contributed by atoms with Crippen LogP contribution in [0.1, 0.15) is 31.9 Å². The Morgan fingerprint density at radius 2 is 1.76 bits per heavy atom. The highest BCUT2D eigenvalue weighted by Gasteiger charge is 2.07. The molecule has 2 nitrogen and oxygen atoms in total. The zero-order chi connectivity index (χ0) is 12.8. The lowest BCUT2D eigenvalue weighted by molar-refractivity contribution is -0.117. The van der Waals surface area contributed by atoms with Gasteiger partial charge in [0.15, 0.2) is 0 Å². The van der Waals surface area contributed by atoms with Crippen molar-refractivity contribution in [2.45, 2.75) is 33.7 Å². The summed E-state index contributed by atoms with van der Waals surface area (Å²) >= 11 is 0. The van der Waals surface area contributed by atoms with Crippen molar-refractivity contribution in [2.24, 2.45) is 5.92 Å². The summed E-state index contributed by atoms with van der Waals surface area (Å²) in [5.74, 6) is 0.415. The first kappa shape index (κ1) is 13.5. The van der Waals surface area contributed by atoms with Crippen molar-refractivity contribution in [3.05, 3.63) is 41.5 Å². The zero-order valence-corrected chi connectivity index (χ0v) is 11.0. The van der Waals surface area contributed by atoms with Crippen molar-refractivity contribution < 1.29 is 4.79 Å². The predicted octanol–water partition coefficient (Wildman–Crippen LogP) is 3.17. The summed E-state index contributed by atoms with van der Waals surface area (Å²) in [6.07, 6.45) is 3.42. The Balaban J connectivity index is 2.53. The van der Waals surface area contributed by atoms with E-state index in [4.69, 9.17) is 0 Å². The van der Waals surface area contributed by atoms with E-state index in [1.165, 1.54) is 5.56 Å². The SMILES string of the molecule is Cc1ccc(/C=C/C(=O)NC(C)C(C)C)cc1. The van der Waals surface area contributed by atoms with Gasteiger partial charge < -0.3 is 5.32 Å². The third-order valence-corrected chi connectivity index (χ3v) is 2.87. The van der Waals surface area contributed by atoms with Crippen LogP contribution in [0.15, 0.2) is 30.3 Å². The molecule has 0 spiro atoms. The summed E-state index contributed by atoms with van der Waals surface area (Å²) < 4.78 is 0. The van der Waals surface area contributed by atoms with Crippen LogP contribution in [-0.4, -0.2) is 11.9 Å². The molecule has 0 aliphatic carbocycles. The zero-order valence-electron chi connectivity index (χ0n) is 11.0. The Kier molecular flexibility index (Phi) is 4.95. The van der Waals surface area contributed by atoms with Gasteiger partial charge in [-0.3, -0.25) is 4.79 Å². The molecule has 0 aliphatic heterocycles. The second-order valence-corrected chi connectivity index (χ2v) is 4.79. The van der Waals surface area contributed by atoms with Crippen molar-refractivity contribution in [3.8, 4) is 0 Å². The Hall–Kier alpha value is -1.57. The van der Waals surface area contributed by atoms with E-state index in [1.54, 1.807) is 6.08 Å². The monoisotopic (exact) mass is 231 g/mol. The van der Waals surface area contributed by atoms with Crippen molar-refractivity contribution in [3.63, 3.8) is 0 Å². The van der Waals surface area contributed by atoms with Crippen LogP contribution >= 0.6 is 0 Å². The topological polar surface area (TPSA) is 29.1 Å². The van der Waals surface area contributed by atoms with Crippen LogP contribution in [0.2, 0.25) is 0 Å². The van der Waals surface area contributed by atoms with Gasteiger partial charge in [-0.2, -0.15) is 0 Å². The number of benzene rings is 1. The lowest BCUT2D eigenvalue weighted by Gasteiger charge is -2.15. The molecule has 0 aliphatic rings. The standard InChI is InChI=1S/C15H21NO/c1-11(2)13(4)16-15(17)10-9-14-7-5-12(3)6-8-14/h5-11,13H,1-4H3,(H,16,17)/b10-9+. The van der Waals surface area contributed by atoms with Gasteiger partial charge in [-0.05, 0) is 31.4 Å². The molecule has 92 valence electrons. The van der Waals surface area contributed by atoms with Gasteiger partial charge in [0.25, 0.3) is 0 Å². The first-order chi connectivity index (χ1) is 7.99. The van der Waals surface area contributed by atoms with Crippen LogP contribution in [0.5, 0.6) is 0 Å². The second kappa shape index (κ2) is 6.24. The minimum absolute atomic E-state index is 0.0354. The Morgan fingerprint density at radius 1 is 1.18 bits per heavy atom. The highest BCUT2D eigenvalue weighted by molar-refractivity contribution is 5.91. The molecule has 1 amide bonds. The minimum atomic E-state index is -0.0354. The third kappa shape index (κ3) is 4.85. The molecule has 0 saturated heterocycles. The largest absolute Gasteiger partial charge is 0.350 e. The van der Waals surface area contributed by atoms with Gasteiger partial charge in [-0.15, -0.1) is 0 Å². The maximum Gasteiger partial charge on any atom is 0.244 e. The number of rotatable bonds is 4. The molecule has 0 saturated carbocycles. The van der Waals surface area contributed by atoms with Gasteiger partial charge in [0.05, 0.1) is 0 Å². The molecular formula is C15H21NO. The summed E-state index contributed by atoms with van der Waals surface area (Å²) in [7, 11) is 0. The number of carbonyl (C=O) groups excluding carboxylic acids is 1. The normalized spacial score (nSPS) is 13.0. The summed E-state index contributed by atoms with van der Waals surface area (Å²) in [6.45, 7) is 8.25. The average molecular weight is 231 g/mol. The lowest BCUT2D eigenvalue weighted by Crippen LogP contribution is -2.34. The summed E-state index contributed by atoms with van der Waals surface area (Å²) in [6, 6.07) is 8.28. The van der Waals surface area contributed by atoms with Crippen molar-refractivity contribution >= 4 is 12.0 Å². The first-order valence-corrected chi connectivity index (χ1v) is 6.04. The third-order valence-electron chi connectivity index (χ3n) is 2.87. The maximum atomic E-state index is 11.6. The van der Waals surface area contributed by atoms with E-state index in [0.29, 0.717) is 5.92 Å². The molecular weight excluding hydrogens is 210 g/mol. The van der Waals surface area contributed by atoms with E-state index in [-0.39, 0.29) is 11.9 Å². The Labute approximate surface area is 104 Å². The van der Waals surface area contributed by atoms with Crippen molar-refractivity contribution in [2.75, 3.05) is 0 Å². The van der Waals surface area contributed by atoms with Gasteiger partial charge in [0.1, 0.15) is 0 Å². The van der Waals surface area contributed by atoms with E-state index in [0.717, 1.165) is 5.56 Å². The van der Waals surface area contributed by atoms with Crippen LogP contribution < -0.4 is 5.32 Å². The van der Waals surface area contributed by atoms with Gasteiger partial charge >= 0.3 is 0 Å². The number of carbonyl (C=O) groups is 1. The van der Waals surface area contributed by atoms with E-state index < -0.39 is 0 Å². The van der Waals surface area contributed by atoms with E-state index >= 15 is 0 Å². The molecule has 0 bridgehead atoms. The maximum absolute atomic E-state index is 11.6. The molecule has 0 radical (unpaired) electrons. The number of amides is 1. The molecule has 17 heavy (non-hydrogen) atoms. The van der Waals surface area contributed by atoms with Crippen LogP contribution in [0.25, 0.3) is 6.08 Å². The van der Waals surface area contributed by atoms with Crippen molar-refractivity contribution in [1.29, 1.82) is 0 Å². The Morgan fingerprint density at radius 3 is 2.29 bits per heavy atom. The van der Waals surface area contributed by atoms with Crippen molar-refractivity contribution in [1.82, 2.24) is 5.32 Å². The minimum Gasteiger partial charge on any atom is -0.350 e. The molecule has 1 rings (SSSR count). The fraction of sp³-hybridized carbons (Fsp3) is 0.400. The van der Waals surface area contributed by atoms with E-state index in [2.05, 4.69) is 19.2 Å². The smallest absolute Gasteiger partial charge is 0.244 e. The van der Waals surface area contributed by atoms with Gasteiger partial charge in [0, 0.05) is 12.1 Å².